The molecule has 0 atom stereocenters. The molecule has 0 bridgehead atoms. The van der Waals surface area contributed by atoms with E-state index in [0.717, 1.165) is 0 Å². The van der Waals surface area contributed by atoms with E-state index in [1.165, 1.54) is 0 Å². The molecule has 0 heterocycles. The van der Waals surface area contributed by atoms with Crippen molar-refractivity contribution in [2.24, 2.45) is 0 Å². The number of carbonyl (C=O) groups is 3. The van der Waals surface area contributed by atoms with E-state index in [1.807, 2.05) is 0 Å². The number of carboxylic acids is 3. The van der Waals surface area contributed by atoms with Crippen LogP contribution >= 0.6 is 7.92 Å². The fraction of sp³-hybridized carbons (Fsp3) is 0.667. The van der Waals surface area contributed by atoms with Gasteiger partial charge < -0.3 is 15.3 Å². The molecule has 0 amide bonds. The molecular formula is C9H15O6P. The Morgan fingerprint density at radius 3 is 1.25 bits per heavy atom. The number of hydrogen-bond donors (Lipinski definition) is 3. The Hall–Kier alpha value is -1.16. The maximum absolute atomic E-state index is 11.1. The van der Waals surface area contributed by atoms with Gasteiger partial charge in [-0.1, -0.05) is 0 Å². The van der Waals surface area contributed by atoms with Gasteiger partial charge in [0.1, 0.15) is 0 Å². The summed E-state index contributed by atoms with van der Waals surface area (Å²) in [5.41, 5.74) is 0. The largest absolute Gasteiger partial charge is 0.481 e. The second kappa shape index (κ2) is 8.05. The molecule has 0 aliphatic carbocycles. The lowest BCUT2D eigenvalue weighted by molar-refractivity contribution is -0.137. The van der Waals surface area contributed by atoms with Crippen LogP contribution in [0.15, 0.2) is 0 Å². The van der Waals surface area contributed by atoms with Crippen molar-refractivity contribution in [3.8, 4) is 0 Å². The molecule has 3 N–H and O–H groups in total. The second-order valence-electron chi connectivity index (χ2n) is 1.96. The van der Waals surface area contributed by atoms with Crippen LogP contribution in [-0.2, 0) is 14.4 Å². The maximum atomic E-state index is 11.1. The summed E-state index contributed by atoms with van der Waals surface area (Å²) in [5, 5.41) is 26.7. The summed E-state index contributed by atoms with van der Waals surface area (Å²) in [6, 6.07) is 0. The van der Waals surface area contributed by atoms with Gasteiger partial charge in [0.25, 0.3) is 0 Å². The van der Waals surface area contributed by atoms with E-state index in [0.29, 0.717) is 0 Å². The Balaban J connectivity index is 7.26. The number of aliphatic carboxylic acids is 3. The van der Waals surface area contributed by atoms with E-state index in [4.69, 9.17) is 31.8 Å². The Morgan fingerprint density at radius 1 is 0.812 bits per heavy atom. The maximum Gasteiger partial charge on any atom is 0.303 e. The summed E-state index contributed by atoms with van der Waals surface area (Å²) >= 11 is 0. The lowest BCUT2D eigenvalue weighted by atomic mass is 10.5. The van der Waals surface area contributed by atoms with Crippen LogP contribution in [0.5, 0.6) is 0 Å². The van der Waals surface area contributed by atoms with Gasteiger partial charge in [-0.05, 0) is 18.3 Å². The van der Waals surface area contributed by atoms with Gasteiger partial charge in [0.2, 0.25) is 0 Å². The second-order valence-corrected chi connectivity index (χ2v) is 3.30. The van der Waals surface area contributed by atoms with E-state index < -0.39 is 63.3 Å². The first kappa shape index (κ1) is 4.26. The number of hydrogen-bond acceptors (Lipinski definition) is 3. The molecule has 0 aliphatic heterocycles. The molecule has 0 saturated carbocycles. The highest BCUT2D eigenvalue weighted by molar-refractivity contribution is 7.57. The number of carboxylic acid groups (broad SMARTS) is 3. The first-order chi connectivity index (χ1) is 11.9. The van der Waals surface area contributed by atoms with Crippen LogP contribution < -0.4 is 0 Å². The highest BCUT2D eigenvalue weighted by atomic mass is 31.1. The monoisotopic (exact) mass is 262 g/mol. The van der Waals surface area contributed by atoms with Crippen LogP contribution in [0.3, 0.4) is 0 Å². The first-order valence-electron chi connectivity index (χ1n) is 9.45. The average Bonchev–Trinajstić information content (AvgIpc) is 2.44. The van der Waals surface area contributed by atoms with Crippen LogP contribution in [0.4, 0.5) is 0 Å². The fourth-order valence-electron chi connectivity index (χ4n) is 0.395. The van der Waals surface area contributed by atoms with Crippen molar-refractivity contribution in [1.82, 2.24) is 0 Å². The van der Waals surface area contributed by atoms with Crippen molar-refractivity contribution in [2.75, 3.05) is 18.3 Å². The third-order valence-electron chi connectivity index (χ3n) is 0.824. The van der Waals surface area contributed by atoms with E-state index in [2.05, 4.69) is 0 Å². The molecule has 0 rings (SSSR count). The average molecular weight is 262 g/mol. The Bertz CT molecular complexity index is 586. The van der Waals surface area contributed by atoms with Crippen molar-refractivity contribution in [2.45, 2.75) is 19.1 Å². The van der Waals surface area contributed by atoms with E-state index in [1.54, 1.807) is 0 Å². The van der Waals surface area contributed by atoms with Crippen molar-refractivity contribution in [3.05, 3.63) is 0 Å². The highest BCUT2D eigenvalue weighted by Gasteiger charge is 2.13. The van der Waals surface area contributed by atoms with Gasteiger partial charge in [-0.2, -0.15) is 0 Å². The molecule has 0 aliphatic rings. The Kier molecular flexibility index (Phi) is 2.14. The summed E-state index contributed by atoms with van der Waals surface area (Å²) in [5.74, 6) is -7.82. The quantitative estimate of drug-likeness (QED) is 0.532. The molecule has 0 unspecified atom stereocenters. The minimum Gasteiger partial charge on any atom is -0.481 e. The zero-order chi connectivity index (χ0) is 23.3. The third-order valence-corrected chi connectivity index (χ3v) is 1.83. The van der Waals surface area contributed by atoms with Crippen molar-refractivity contribution in [3.63, 3.8) is 0 Å². The van der Waals surface area contributed by atoms with Crippen molar-refractivity contribution >= 4 is 25.8 Å². The van der Waals surface area contributed by atoms with E-state index in [9.17, 15) is 14.4 Å². The predicted octanol–water partition coefficient (Wildman–Crippen LogP) is 0.892. The molecule has 0 aromatic rings. The normalized spacial score (nSPS) is 26.8. The van der Waals surface area contributed by atoms with Gasteiger partial charge in [0, 0.05) is 35.6 Å². The zero-order valence-corrected chi connectivity index (χ0v) is 8.41. The van der Waals surface area contributed by atoms with E-state index in [-0.39, 0.29) is 0 Å². The molecule has 92 valence electrons. The molecule has 0 radical (unpaired) electrons. The smallest absolute Gasteiger partial charge is 0.303 e. The first-order valence-corrected chi connectivity index (χ1v) is 4.80. The van der Waals surface area contributed by atoms with Crippen LogP contribution in [0, 0.1) is 0 Å². The van der Waals surface area contributed by atoms with Crippen molar-refractivity contribution < 1.29 is 46.2 Å². The minimum absolute atomic E-state index is 2.61. The summed E-state index contributed by atoms with van der Waals surface area (Å²) < 4.78 is 90.3. The van der Waals surface area contributed by atoms with Crippen LogP contribution in [-0.4, -0.2) is 51.6 Å². The van der Waals surface area contributed by atoms with E-state index >= 15 is 0 Å². The Morgan fingerprint density at radius 2 is 1.06 bits per heavy atom. The summed E-state index contributed by atoms with van der Waals surface area (Å²) in [4.78, 5) is 33.4. The van der Waals surface area contributed by atoms with Gasteiger partial charge in [-0.15, -0.1) is 7.92 Å². The van der Waals surface area contributed by atoms with Gasteiger partial charge in [0.15, 0.2) is 0 Å². The Labute approximate surface area is 111 Å². The van der Waals surface area contributed by atoms with Crippen LogP contribution in [0.2, 0.25) is 0 Å². The number of rotatable bonds is 9. The lowest BCUT2D eigenvalue weighted by Gasteiger charge is -2.14. The standard InChI is InChI=1S/C9H15O6P/c10-7(11)1-4-16(5-2-8(12)13)6-3-9(14)15/h1-6H2,(H,10,11)(H,12,13)(H,14,15)/i1D2,2D2,3D2,4D2,5D2,6D2. The fourth-order valence-corrected chi connectivity index (χ4v) is 1.19. The van der Waals surface area contributed by atoms with Crippen molar-refractivity contribution in [1.29, 1.82) is 0 Å². The van der Waals surface area contributed by atoms with Crippen LogP contribution in [0.1, 0.15) is 35.6 Å². The predicted molar refractivity (Wildman–Crippen MR) is 58.3 cm³/mol. The molecule has 0 aromatic carbocycles. The highest BCUT2D eigenvalue weighted by Crippen LogP contribution is 2.37. The SMILES string of the molecule is [2H]C([2H])(C(=O)O)C([2H])([2H])P(C([2H])([2H])C([2H])([2H])C(=O)O)C([2H])([2H])C([2H])([2H])C(=O)O. The molecular weight excluding hydrogens is 235 g/mol. The molecule has 0 saturated heterocycles. The topological polar surface area (TPSA) is 112 Å². The molecule has 0 spiro atoms. The summed E-state index contributed by atoms with van der Waals surface area (Å²) in [6.07, 6.45) is -25.3. The molecule has 0 fully saturated rings. The lowest BCUT2D eigenvalue weighted by Crippen LogP contribution is -2.07. The summed E-state index contributed by atoms with van der Waals surface area (Å²) in [6.45, 7) is 0. The van der Waals surface area contributed by atoms with Gasteiger partial charge >= 0.3 is 17.9 Å². The van der Waals surface area contributed by atoms with Crippen LogP contribution in [0.25, 0.3) is 0 Å². The van der Waals surface area contributed by atoms with Gasteiger partial charge in [-0.3, -0.25) is 14.4 Å². The van der Waals surface area contributed by atoms with Gasteiger partial charge in [-0.25, -0.2) is 0 Å². The van der Waals surface area contributed by atoms with Gasteiger partial charge in [0.05, 0.1) is 0 Å². The molecule has 16 heavy (non-hydrogen) atoms. The summed E-state index contributed by atoms with van der Waals surface area (Å²) in [7, 11) is -4.62. The third kappa shape index (κ3) is 9.40. The molecule has 7 heteroatoms. The zero-order valence-electron chi connectivity index (χ0n) is 19.5. The minimum atomic E-state index is -4.62. The molecule has 6 nitrogen and oxygen atoms in total. The molecule has 0 aromatic heterocycles.